The lowest BCUT2D eigenvalue weighted by Crippen LogP contribution is -2.26. The maximum atomic E-state index is 15.0. The van der Waals surface area contributed by atoms with Crippen molar-refractivity contribution in [2.45, 2.75) is 38.9 Å². The van der Waals surface area contributed by atoms with Gasteiger partial charge in [-0.05, 0) is 19.9 Å². The third kappa shape index (κ3) is 4.64. The number of carbonyl (C=O) groups is 1. The average Bonchev–Trinajstić information content (AvgIpc) is 3.05. The summed E-state index contributed by atoms with van der Waals surface area (Å²) in [6.07, 6.45) is 2.20. The van der Waals surface area contributed by atoms with Crippen LogP contribution in [0.1, 0.15) is 44.2 Å². The van der Waals surface area contributed by atoms with Gasteiger partial charge in [0.2, 0.25) is 6.54 Å². The van der Waals surface area contributed by atoms with Crippen LogP contribution in [-0.4, -0.2) is 30.7 Å². The molecule has 0 fully saturated rings. The summed E-state index contributed by atoms with van der Waals surface area (Å²) >= 11 is 6.06. The second-order valence-electron chi connectivity index (χ2n) is 6.07. The minimum Gasteiger partial charge on any atom is -0.493 e. The molecule has 0 radical (unpaired) electrons. The van der Waals surface area contributed by atoms with Crippen LogP contribution in [0, 0.1) is 15.9 Å². The smallest absolute Gasteiger partial charge is 0.306 e. The van der Waals surface area contributed by atoms with Crippen molar-refractivity contribution >= 4 is 17.6 Å². The first-order valence-electron chi connectivity index (χ1n) is 8.66. The SMILES string of the molecule is CCOC(=O)CC(C[N+](=O)[O-])c1c(F)c(Cl)cc(C2(C)OC=CO2)c1OCC. The molecule has 0 saturated heterocycles. The highest BCUT2D eigenvalue weighted by atomic mass is 35.5. The summed E-state index contributed by atoms with van der Waals surface area (Å²) in [5.74, 6) is -4.13. The highest BCUT2D eigenvalue weighted by molar-refractivity contribution is 6.31. The predicted molar refractivity (Wildman–Crippen MR) is 97.1 cm³/mol. The van der Waals surface area contributed by atoms with Crippen LogP contribution in [0.25, 0.3) is 0 Å². The van der Waals surface area contributed by atoms with Crippen LogP contribution in [0.3, 0.4) is 0 Å². The van der Waals surface area contributed by atoms with Crippen LogP contribution >= 0.6 is 11.6 Å². The molecule has 2 rings (SSSR count). The molecule has 28 heavy (non-hydrogen) atoms. The molecule has 1 aromatic rings. The van der Waals surface area contributed by atoms with Gasteiger partial charge in [0.15, 0.2) is 0 Å². The number of benzene rings is 1. The summed E-state index contributed by atoms with van der Waals surface area (Å²) in [4.78, 5) is 22.5. The van der Waals surface area contributed by atoms with E-state index in [9.17, 15) is 14.9 Å². The number of rotatable bonds is 9. The van der Waals surface area contributed by atoms with Crippen molar-refractivity contribution in [3.05, 3.63) is 50.7 Å². The fourth-order valence-electron chi connectivity index (χ4n) is 2.96. The van der Waals surface area contributed by atoms with Crippen LogP contribution in [0.15, 0.2) is 18.6 Å². The fraction of sp³-hybridized carbons (Fsp3) is 0.500. The van der Waals surface area contributed by atoms with Crippen LogP contribution < -0.4 is 4.74 Å². The number of esters is 1. The van der Waals surface area contributed by atoms with Crippen molar-refractivity contribution < 1.29 is 33.1 Å². The lowest BCUT2D eigenvalue weighted by atomic mass is 9.90. The Morgan fingerprint density at radius 3 is 2.54 bits per heavy atom. The maximum absolute atomic E-state index is 15.0. The van der Waals surface area contributed by atoms with E-state index in [1.54, 1.807) is 20.8 Å². The number of hydrogen-bond acceptors (Lipinski definition) is 7. The van der Waals surface area contributed by atoms with Gasteiger partial charge in [-0.15, -0.1) is 0 Å². The van der Waals surface area contributed by atoms with Crippen molar-refractivity contribution in [3.63, 3.8) is 0 Å². The summed E-state index contributed by atoms with van der Waals surface area (Å²) in [6, 6.07) is 1.28. The second-order valence-corrected chi connectivity index (χ2v) is 6.48. The van der Waals surface area contributed by atoms with Crippen molar-refractivity contribution in [1.29, 1.82) is 0 Å². The van der Waals surface area contributed by atoms with Gasteiger partial charge in [-0.1, -0.05) is 11.6 Å². The lowest BCUT2D eigenvalue weighted by molar-refractivity contribution is -0.483. The topological polar surface area (TPSA) is 97.1 Å². The third-order valence-corrected chi connectivity index (χ3v) is 4.40. The quantitative estimate of drug-likeness (QED) is 0.341. The van der Waals surface area contributed by atoms with Crippen LogP contribution in [0.2, 0.25) is 5.02 Å². The number of nitrogens with zero attached hydrogens (tertiary/aromatic N) is 1. The van der Waals surface area contributed by atoms with Gasteiger partial charge in [0, 0.05) is 17.4 Å². The normalized spacial score (nSPS) is 15.5. The predicted octanol–water partition coefficient (Wildman–Crippen LogP) is 3.88. The molecule has 0 bridgehead atoms. The van der Waals surface area contributed by atoms with Gasteiger partial charge < -0.3 is 18.9 Å². The Labute approximate surface area is 166 Å². The van der Waals surface area contributed by atoms with Crippen molar-refractivity contribution in [1.82, 2.24) is 0 Å². The molecule has 0 aromatic heterocycles. The largest absolute Gasteiger partial charge is 0.493 e. The van der Waals surface area contributed by atoms with Gasteiger partial charge in [0.25, 0.3) is 5.79 Å². The van der Waals surface area contributed by atoms with E-state index in [-0.39, 0.29) is 35.1 Å². The molecular formula is C18H21ClFNO7. The number of ether oxygens (including phenoxy) is 4. The fourth-order valence-corrected chi connectivity index (χ4v) is 3.17. The zero-order valence-electron chi connectivity index (χ0n) is 15.7. The molecule has 0 aliphatic carbocycles. The van der Waals surface area contributed by atoms with Crippen LogP contribution in [0.4, 0.5) is 4.39 Å². The standard InChI is InChI=1S/C18H21ClFNO7/c1-4-25-14(22)8-11(10-21(23)24)15-16(20)13(19)9-12(17(15)26-5-2)18(3)27-6-7-28-18/h6-7,9,11H,4-5,8,10H2,1-3H3. The summed E-state index contributed by atoms with van der Waals surface area (Å²) in [7, 11) is 0. The van der Waals surface area contributed by atoms with Crippen LogP contribution in [-0.2, 0) is 24.8 Å². The van der Waals surface area contributed by atoms with E-state index in [4.69, 9.17) is 30.5 Å². The molecule has 1 unspecified atom stereocenters. The van der Waals surface area contributed by atoms with Gasteiger partial charge >= 0.3 is 5.97 Å². The highest BCUT2D eigenvalue weighted by Gasteiger charge is 2.40. The van der Waals surface area contributed by atoms with E-state index in [0.717, 1.165) is 0 Å². The van der Waals surface area contributed by atoms with Gasteiger partial charge in [-0.2, -0.15) is 0 Å². The van der Waals surface area contributed by atoms with Gasteiger partial charge in [-0.25, -0.2) is 4.39 Å². The lowest BCUT2D eigenvalue weighted by Gasteiger charge is -2.28. The van der Waals surface area contributed by atoms with Crippen LogP contribution in [0.5, 0.6) is 5.75 Å². The molecule has 10 heteroatoms. The summed E-state index contributed by atoms with van der Waals surface area (Å²) in [6.45, 7) is 4.35. The Morgan fingerprint density at radius 1 is 1.36 bits per heavy atom. The first kappa shape index (κ1) is 21.7. The zero-order chi connectivity index (χ0) is 20.9. The van der Waals surface area contributed by atoms with E-state index >= 15 is 4.39 Å². The Morgan fingerprint density at radius 2 is 2.00 bits per heavy atom. The van der Waals surface area contributed by atoms with Crippen molar-refractivity contribution in [3.8, 4) is 5.75 Å². The minimum atomic E-state index is -1.36. The number of halogens is 2. The molecule has 0 spiro atoms. The van der Waals surface area contributed by atoms with Gasteiger partial charge in [0.05, 0.1) is 36.1 Å². The molecule has 1 atom stereocenters. The van der Waals surface area contributed by atoms with E-state index in [0.29, 0.717) is 0 Å². The Kier molecular flexibility index (Phi) is 7.06. The van der Waals surface area contributed by atoms with Gasteiger partial charge in [0.1, 0.15) is 24.1 Å². The van der Waals surface area contributed by atoms with Crippen molar-refractivity contribution in [2.75, 3.05) is 19.8 Å². The highest BCUT2D eigenvalue weighted by Crippen LogP contribution is 2.45. The zero-order valence-corrected chi connectivity index (χ0v) is 16.5. The molecule has 1 aromatic carbocycles. The molecule has 1 heterocycles. The third-order valence-electron chi connectivity index (χ3n) is 4.12. The summed E-state index contributed by atoms with van der Waals surface area (Å²) in [5, 5.41) is 10.9. The maximum Gasteiger partial charge on any atom is 0.306 e. The first-order valence-corrected chi connectivity index (χ1v) is 9.04. The average molecular weight is 418 g/mol. The second kappa shape index (κ2) is 9.09. The van der Waals surface area contributed by atoms with E-state index in [1.807, 2.05) is 0 Å². The minimum absolute atomic E-state index is 0.00764. The molecule has 154 valence electrons. The molecule has 1 aliphatic rings. The number of hydrogen-bond donors (Lipinski definition) is 0. The Bertz CT molecular complexity index is 776. The monoisotopic (exact) mass is 417 g/mol. The molecule has 8 nitrogen and oxygen atoms in total. The van der Waals surface area contributed by atoms with E-state index in [1.165, 1.54) is 18.6 Å². The molecular weight excluding hydrogens is 397 g/mol. The molecule has 0 amide bonds. The Balaban J connectivity index is 2.64. The van der Waals surface area contributed by atoms with Crippen molar-refractivity contribution in [2.24, 2.45) is 0 Å². The number of nitro groups is 1. The molecule has 0 saturated carbocycles. The summed E-state index contributed by atoms with van der Waals surface area (Å²) in [5.41, 5.74) is 0.0624. The summed E-state index contributed by atoms with van der Waals surface area (Å²) < 4.78 is 36.4. The Hall–Kier alpha value is -2.55. The number of carbonyl (C=O) groups excluding carboxylic acids is 1. The van der Waals surface area contributed by atoms with E-state index < -0.39 is 41.4 Å². The first-order chi connectivity index (χ1) is 13.2. The van der Waals surface area contributed by atoms with E-state index in [2.05, 4.69) is 0 Å². The molecule has 1 aliphatic heterocycles. The van der Waals surface area contributed by atoms with Gasteiger partial charge in [-0.3, -0.25) is 14.9 Å². The molecule has 0 N–H and O–H groups in total.